The second-order valence-electron chi connectivity index (χ2n) is 6.79. The van der Waals surface area contributed by atoms with Gasteiger partial charge in [-0.3, -0.25) is 4.79 Å². The summed E-state index contributed by atoms with van der Waals surface area (Å²) in [4.78, 5) is 14.2. The molecule has 0 spiro atoms. The molecule has 0 N–H and O–H groups in total. The van der Waals surface area contributed by atoms with Crippen molar-refractivity contribution in [3.8, 4) is 5.75 Å². The Hall–Kier alpha value is -3.51. The van der Waals surface area contributed by atoms with Gasteiger partial charge < -0.3 is 9.15 Å². The van der Waals surface area contributed by atoms with Gasteiger partial charge in [0.2, 0.25) is 0 Å². The summed E-state index contributed by atoms with van der Waals surface area (Å²) in [5.41, 5.74) is 1.20. The predicted octanol–water partition coefficient (Wildman–Crippen LogP) is 6.69. The molecule has 0 fully saturated rings. The van der Waals surface area contributed by atoms with Crippen molar-refractivity contribution in [2.75, 3.05) is 0 Å². The molecule has 0 aliphatic heterocycles. The number of benzene rings is 2. The molecule has 3 nitrogen and oxygen atoms in total. The lowest BCUT2D eigenvalue weighted by atomic mass is 10.1. The van der Waals surface area contributed by atoms with E-state index in [2.05, 4.69) is 12.1 Å². The van der Waals surface area contributed by atoms with Crippen LogP contribution in [-0.4, -0.2) is 5.78 Å². The van der Waals surface area contributed by atoms with Crippen LogP contribution in [0.4, 0.5) is 8.78 Å². The summed E-state index contributed by atoms with van der Waals surface area (Å²) in [6, 6.07) is 20.4. The lowest BCUT2D eigenvalue weighted by molar-refractivity contribution is 0.105. The normalized spacial score (nSPS) is 11.2. The van der Waals surface area contributed by atoms with Crippen molar-refractivity contribution in [2.45, 2.75) is 13.0 Å². The highest BCUT2D eigenvalue weighted by Crippen LogP contribution is 2.22. The summed E-state index contributed by atoms with van der Waals surface area (Å²) in [6.07, 6.45) is 3.83. The minimum Gasteiger partial charge on any atom is -0.483 e. The van der Waals surface area contributed by atoms with Crippen molar-refractivity contribution in [1.29, 1.82) is 0 Å². The fourth-order valence-corrected chi connectivity index (χ4v) is 3.91. The number of hydrogen-bond acceptors (Lipinski definition) is 4. The third-order valence-corrected chi connectivity index (χ3v) is 5.57. The van der Waals surface area contributed by atoms with Crippen molar-refractivity contribution in [3.63, 3.8) is 0 Å². The second kappa shape index (κ2) is 9.53. The summed E-state index contributed by atoms with van der Waals surface area (Å²) in [5.74, 6) is -0.677. The van der Waals surface area contributed by atoms with Gasteiger partial charge in [0.05, 0.1) is 4.88 Å². The third kappa shape index (κ3) is 5.55. The van der Waals surface area contributed by atoms with E-state index >= 15 is 0 Å². The van der Waals surface area contributed by atoms with Gasteiger partial charge in [0.1, 0.15) is 23.9 Å². The quantitative estimate of drug-likeness (QED) is 0.228. The zero-order chi connectivity index (χ0) is 21.6. The molecule has 0 bridgehead atoms. The van der Waals surface area contributed by atoms with Crippen molar-refractivity contribution >= 4 is 23.2 Å². The molecule has 2 aromatic carbocycles. The number of carbonyl (C=O) groups is 1. The maximum atomic E-state index is 13.6. The Morgan fingerprint density at radius 1 is 1.00 bits per heavy atom. The number of ether oxygens (including phenoxy) is 1. The van der Waals surface area contributed by atoms with Crippen LogP contribution < -0.4 is 4.74 Å². The smallest absolute Gasteiger partial charge is 0.195 e. The third-order valence-electron chi connectivity index (χ3n) is 4.47. The first kappa shape index (κ1) is 20.8. The van der Waals surface area contributed by atoms with Gasteiger partial charge in [0.25, 0.3) is 0 Å². The molecule has 31 heavy (non-hydrogen) atoms. The fraction of sp³-hybridized carbons (Fsp3) is 0.0800. The first-order chi connectivity index (χ1) is 15.1. The molecule has 0 aliphatic rings. The Morgan fingerprint density at radius 2 is 1.84 bits per heavy atom. The van der Waals surface area contributed by atoms with Crippen LogP contribution in [0.15, 0.2) is 83.3 Å². The molecule has 4 aromatic rings. The highest BCUT2D eigenvalue weighted by atomic mass is 32.1. The molecule has 0 saturated heterocycles. The lowest BCUT2D eigenvalue weighted by Crippen LogP contribution is -1.96. The summed E-state index contributed by atoms with van der Waals surface area (Å²) in [5, 5.41) is 0. The second-order valence-corrected chi connectivity index (χ2v) is 7.96. The lowest BCUT2D eigenvalue weighted by Gasteiger charge is -2.05. The number of rotatable bonds is 8. The molecule has 0 aliphatic carbocycles. The Kier molecular flexibility index (Phi) is 6.38. The first-order valence-corrected chi connectivity index (χ1v) is 10.4. The molecule has 0 atom stereocenters. The minimum absolute atomic E-state index is 0.0158. The van der Waals surface area contributed by atoms with E-state index in [1.54, 1.807) is 18.2 Å². The van der Waals surface area contributed by atoms with Gasteiger partial charge in [0.15, 0.2) is 17.3 Å². The van der Waals surface area contributed by atoms with E-state index in [-0.39, 0.29) is 18.1 Å². The van der Waals surface area contributed by atoms with Crippen LogP contribution in [-0.2, 0) is 13.0 Å². The topological polar surface area (TPSA) is 39.4 Å². The van der Waals surface area contributed by atoms with Gasteiger partial charge in [-0.1, -0.05) is 30.3 Å². The van der Waals surface area contributed by atoms with Crippen molar-refractivity contribution < 1.29 is 22.7 Å². The molecule has 0 saturated carbocycles. The molecule has 2 aromatic heterocycles. The number of allylic oxidation sites excluding steroid dienone is 1. The van der Waals surface area contributed by atoms with Crippen LogP contribution in [0.3, 0.4) is 0 Å². The summed E-state index contributed by atoms with van der Waals surface area (Å²) in [7, 11) is 0. The molecule has 0 radical (unpaired) electrons. The Balaban J connectivity index is 1.33. The number of thiophene rings is 1. The van der Waals surface area contributed by atoms with Crippen molar-refractivity contribution in [1.82, 2.24) is 0 Å². The van der Waals surface area contributed by atoms with Crippen LogP contribution >= 0.6 is 11.3 Å². The summed E-state index contributed by atoms with van der Waals surface area (Å²) < 4.78 is 37.4. The zero-order valence-corrected chi connectivity index (χ0v) is 17.2. The van der Waals surface area contributed by atoms with Crippen molar-refractivity contribution in [2.24, 2.45) is 0 Å². The van der Waals surface area contributed by atoms with E-state index in [1.807, 2.05) is 30.3 Å². The average molecular weight is 436 g/mol. The number of carbonyl (C=O) groups excluding carboxylic acids is 1. The van der Waals surface area contributed by atoms with Gasteiger partial charge in [0, 0.05) is 17.4 Å². The number of halogens is 2. The van der Waals surface area contributed by atoms with Gasteiger partial charge in [-0.2, -0.15) is 0 Å². The van der Waals surface area contributed by atoms with Crippen LogP contribution in [0.5, 0.6) is 5.75 Å². The van der Waals surface area contributed by atoms with E-state index in [0.29, 0.717) is 16.4 Å². The summed E-state index contributed by atoms with van der Waals surface area (Å²) in [6.45, 7) is -0.0158. The van der Waals surface area contributed by atoms with Crippen LogP contribution in [0.2, 0.25) is 0 Å². The minimum atomic E-state index is -0.778. The number of furan rings is 1. The molecule has 6 heteroatoms. The predicted molar refractivity (Wildman–Crippen MR) is 116 cm³/mol. The highest BCUT2D eigenvalue weighted by Gasteiger charge is 2.09. The molecule has 0 amide bonds. The van der Waals surface area contributed by atoms with Gasteiger partial charge in [-0.25, -0.2) is 8.78 Å². The first-order valence-electron chi connectivity index (χ1n) is 9.58. The van der Waals surface area contributed by atoms with Crippen LogP contribution in [0, 0.1) is 11.6 Å². The van der Waals surface area contributed by atoms with E-state index < -0.39 is 11.6 Å². The SMILES string of the molecule is O=C(/C=C/c1ccc(COc2ccc(F)cc2F)o1)c1ccc(Cc2ccccc2)s1. The monoisotopic (exact) mass is 436 g/mol. The van der Waals surface area contributed by atoms with E-state index in [0.717, 1.165) is 23.4 Å². The molecule has 0 unspecified atom stereocenters. The Bertz CT molecular complexity index is 1210. The Labute approximate surface area is 182 Å². The molecule has 156 valence electrons. The number of ketones is 1. The van der Waals surface area contributed by atoms with Gasteiger partial charge >= 0.3 is 0 Å². The van der Waals surface area contributed by atoms with Crippen LogP contribution in [0.1, 0.15) is 31.6 Å². The largest absolute Gasteiger partial charge is 0.483 e. The maximum absolute atomic E-state index is 13.6. The number of hydrogen-bond donors (Lipinski definition) is 0. The molecule has 4 rings (SSSR count). The van der Waals surface area contributed by atoms with Crippen LogP contribution in [0.25, 0.3) is 6.08 Å². The molecular weight excluding hydrogens is 418 g/mol. The standard InChI is InChI=1S/C25H18F2O3S/c26-18-6-12-24(22(27)15-18)29-16-20-8-7-19(30-20)9-11-23(28)25-13-10-21(31-25)14-17-4-2-1-3-5-17/h1-13,15H,14,16H2/b11-9+. The summed E-state index contributed by atoms with van der Waals surface area (Å²) >= 11 is 1.47. The zero-order valence-electron chi connectivity index (χ0n) is 16.4. The van der Waals surface area contributed by atoms with E-state index in [9.17, 15) is 13.6 Å². The fourth-order valence-electron chi connectivity index (χ4n) is 2.95. The van der Waals surface area contributed by atoms with Crippen molar-refractivity contribution in [3.05, 3.63) is 117 Å². The van der Waals surface area contributed by atoms with E-state index in [1.165, 1.54) is 29.0 Å². The van der Waals surface area contributed by atoms with Gasteiger partial charge in [-0.15, -0.1) is 11.3 Å². The highest BCUT2D eigenvalue weighted by molar-refractivity contribution is 7.14. The average Bonchev–Trinajstić information content (AvgIpc) is 3.42. The van der Waals surface area contributed by atoms with E-state index in [4.69, 9.17) is 9.15 Å². The molecular formula is C25H18F2O3S. The Morgan fingerprint density at radius 3 is 2.65 bits per heavy atom. The van der Waals surface area contributed by atoms with Gasteiger partial charge in [-0.05, 0) is 54.1 Å². The molecule has 2 heterocycles. The maximum Gasteiger partial charge on any atom is 0.195 e.